The summed E-state index contributed by atoms with van der Waals surface area (Å²) >= 11 is 0. The third kappa shape index (κ3) is 4.26. The lowest BCUT2D eigenvalue weighted by Crippen LogP contribution is -2.39. The van der Waals surface area contributed by atoms with Crippen molar-refractivity contribution in [3.63, 3.8) is 0 Å². The highest BCUT2D eigenvalue weighted by Gasteiger charge is 2.36. The van der Waals surface area contributed by atoms with Crippen LogP contribution < -0.4 is 0 Å². The van der Waals surface area contributed by atoms with Crippen molar-refractivity contribution in [3.05, 3.63) is 0 Å². The monoisotopic (exact) mass is 242 g/mol. The van der Waals surface area contributed by atoms with Crippen LogP contribution in [0.1, 0.15) is 53.9 Å². The zero-order valence-corrected chi connectivity index (χ0v) is 12.2. The minimum Gasteiger partial charge on any atom is -0.353 e. The van der Waals surface area contributed by atoms with Crippen LogP contribution in [0, 0.1) is 23.7 Å². The topological polar surface area (TPSA) is 18.5 Å². The standard InChI is InChI=1S/C15H30O2/c1-6-16-15(17-7-2)14-10-12(5)8-9-13(14)11(3)4/h11-15H,6-10H2,1-5H3/t12-,13+,14?/m1/s1. The van der Waals surface area contributed by atoms with Gasteiger partial charge < -0.3 is 9.47 Å². The highest BCUT2D eigenvalue weighted by molar-refractivity contribution is 4.82. The van der Waals surface area contributed by atoms with Crippen LogP contribution in [0.5, 0.6) is 0 Å². The zero-order valence-electron chi connectivity index (χ0n) is 12.2. The van der Waals surface area contributed by atoms with Gasteiger partial charge >= 0.3 is 0 Å². The van der Waals surface area contributed by atoms with Gasteiger partial charge in [0.1, 0.15) is 0 Å². The average molecular weight is 242 g/mol. The molecule has 0 aliphatic heterocycles. The molecule has 0 aromatic rings. The van der Waals surface area contributed by atoms with Crippen molar-refractivity contribution in [2.75, 3.05) is 13.2 Å². The Bertz CT molecular complexity index is 197. The molecule has 1 saturated carbocycles. The molecule has 2 nitrogen and oxygen atoms in total. The smallest absolute Gasteiger partial charge is 0.160 e. The summed E-state index contributed by atoms with van der Waals surface area (Å²) in [5.41, 5.74) is 0. The molecular weight excluding hydrogens is 212 g/mol. The van der Waals surface area contributed by atoms with E-state index >= 15 is 0 Å². The van der Waals surface area contributed by atoms with Crippen LogP contribution in [-0.2, 0) is 9.47 Å². The summed E-state index contributed by atoms with van der Waals surface area (Å²) in [6.07, 6.45) is 3.97. The summed E-state index contributed by atoms with van der Waals surface area (Å²) in [5, 5.41) is 0. The van der Waals surface area contributed by atoms with E-state index in [0.717, 1.165) is 31.0 Å². The molecule has 1 rings (SSSR count). The molecule has 0 spiro atoms. The Morgan fingerprint density at radius 2 is 1.59 bits per heavy atom. The van der Waals surface area contributed by atoms with Crippen LogP contribution in [0.15, 0.2) is 0 Å². The molecule has 1 aliphatic rings. The molecule has 0 aromatic carbocycles. The first-order valence-corrected chi connectivity index (χ1v) is 7.33. The highest BCUT2D eigenvalue weighted by Crippen LogP contribution is 2.40. The summed E-state index contributed by atoms with van der Waals surface area (Å²) in [5.74, 6) is 2.89. The fourth-order valence-corrected chi connectivity index (χ4v) is 3.21. The van der Waals surface area contributed by atoms with E-state index in [1.165, 1.54) is 19.3 Å². The Hall–Kier alpha value is -0.0800. The molecule has 3 atom stereocenters. The number of ether oxygens (including phenoxy) is 2. The second-order valence-electron chi connectivity index (χ2n) is 5.77. The number of hydrogen-bond donors (Lipinski definition) is 0. The molecule has 17 heavy (non-hydrogen) atoms. The fourth-order valence-electron chi connectivity index (χ4n) is 3.21. The van der Waals surface area contributed by atoms with Crippen LogP contribution in [-0.4, -0.2) is 19.5 Å². The van der Waals surface area contributed by atoms with E-state index in [0.29, 0.717) is 5.92 Å². The lowest BCUT2D eigenvalue weighted by molar-refractivity contribution is -0.190. The molecule has 0 bridgehead atoms. The molecular formula is C15H30O2. The minimum atomic E-state index is 0.0140. The van der Waals surface area contributed by atoms with Gasteiger partial charge in [0, 0.05) is 19.1 Å². The van der Waals surface area contributed by atoms with E-state index in [-0.39, 0.29) is 6.29 Å². The van der Waals surface area contributed by atoms with Crippen molar-refractivity contribution < 1.29 is 9.47 Å². The van der Waals surface area contributed by atoms with Gasteiger partial charge in [-0.25, -0.2) is 0 Å². The minimum absolute atomic E-state index is 0.0140. The van der Waals surface area contributed by atoms with Gasteiger partial charge in [-0.1, -0.05) is 27.2 Å². The summed E-state index contributed by atoms with van der Waals surface area (Å²) in [4.78, 5) is 0. The van der Waals surface area contributed by atoms with Crippen LogP contribution in [0.4, 0.5) is 0 Å². The molecule has 0 aromatic heterocycles. The number of rotatable bonds is 6. The quantitative estimate of drug-likeness (QED) is 0.653. The summed E-state index contributed by atoms with van der Waals surface area (Å²) in [6.45, 7) is 12.6. The zero-order chi connectivity index (χ0) is 12.8. The Morgan fingerprint density at radius 3 is 2.06 bits per heavy atom. The van der Waals surface area contributed by atoms with Gasteiger partial charge in [-0.2, -0.15) is 0 Å². The van der Waals surface area contributed by atoms with Crippen LogP contribution in [0.2, 0.25) is 0 Å². The van der Waals surface area contributed by atoms with Gasteiger partial charge in [0.2, 0.25) is 0 Å². The summed E-state index contributed by atoms with van der Waals surface area (Å²) < 4.78 is 11.7. The normalized spacial score (nSPS) is 30.2. The maximum absolute atomic E-state index is 5.83. The van der Waals surface area contributed by atoms with E-state index in [9.17, 15) is 0 Å². The van der Waals surface area contributed by atoms with Crippen molar-refractivity contribution >= 4 is 0 Å². The lowest BCUT2D eigenvalue weighted by Gasteiger charge is -2.41. The van der Waals surface area contributed by atoms with Gasteiger partial charge in [0.15, 0.2) is 6.29 Å². The molecule has 0 heterocycles. The van der Waals surface area contributed by atoms with Crippen molar-refractivity contribution in [3.8, 4) is 0 Å². The second-order valence-corrected chi connectivity index (χ2v) is 5.77. The fraction of sp³-hybridized carbons (Fsp3) is 1.00. The molecule has 0 radical (unpaired) electrons. The highest BCUT2D eigenvalue weighted by atomic mass is 16.7. The first kappa shape index (κ1) is 15.0. The largest absolute Gasteiger partial charge is 0.353 e. The second kappa shape index (κ2) is 7.38. The molecule has 0 N–H and O–H groups in total. The maximum Gasteiger partial charge on any atom is 0.160 e. The van der Waals surface area contributed by atoms with Crippen molar-refractivity contribution in [2.45, 2.75) is 60.2 Å². The Morgan fingerprint density at radius 1 is 1.00 bits per heavy atom. The van der Waals surface area contributed by atoms with Gasteiger partial charge in [-0.05, 0) is 44.4 Å². The van der Waals surface area contributed by atoms with E-state index < -0.39 is 0 Å². The number of hydrogen-bond acceptors (Lipinski definition) is 2. The first-order chi connectivity index (χ1) is 8.10. The molecule has 102 valence electrons. The summed E-state index contributed by atoms with van der Waals surface area (Å²) in [7, 11) is 0. The molecule has 2 heteroatoms. The van der Waals surface area contributed by atoms with Crippen molar-refractivity contribution in [1.29, 1.82) is 0 Å². The lowest BCUT2D eigenvalue weighted by atomic mass is 9.70. The predicted octanol–water partition coefficient (Wildman–Crippen LogP) is 4.09. The third-order valence-corrected chi connectivity index (χ3v) is 4.09. The van der Waals surface area contributed by atoms with E-state index in [4.69, 9.17) is 9.47 Å². The molecule has 1 aliphatic carbocycles. The Labute approximate surface area is 107 Å². The molecule has 0 amide bonds. The van der Waals surface area contributed by atoms with Crippen LogP contribution in [0.25, 0.3) is 0 Å². The molecule has 1 fully saturated rings. The predicted molar refractivity (Wildman–Crippen MR) is 71.9 cm³/mol. The Balaban J connectivity index is 2.70. The SMILES string of the molecule is CCOC(OCC)C1C[C@H](C)CC[C@H]1C(C)C. The van der Waals surface area contributed by atoms with Crippen LogP contribution >= 0.6 is 0 Å². The average Bonchev–Trinajstić information content (AvgIpc) is 2.28. The first-order valence-electron chi connectivity index (χ1n) is 7.33. The Kier molecular flexibility index (Phi) is 6.50. The van der Waals surface area contributed by atoms with Gasteiger partial charge in [-0.3, -0.25) is 0 Å². The maximum atomic E-state index is 5.83. The van der Waals surface area contributed by atoms with E-state index in [1.807, 2.05) is 0 Å². The van der Waals surface area contributed by atoms with Gasteiger partial charge in [-0.15, -0.1) is 0 Å². The van der Waals surface area contributed by atoms with E-state index in [2.05, 4.69) is 34.6 Å². The van der Waals surface area contributed by atoms with Gasteiger partial charge in [0.05, 0.1) is 0 Å². The summed E-state index contributed by atoms with van der Waals surface area (Å²) in [6, 6.07) is 0. The van der Waals surface area contributed by atoms with Gasteiger partial charge in [0.25, 0.3) is 0 Å². The van der Waals surface area contributed by atoms with Crippen LogP contribution in [0.3, 0.4) is 0 Å². The molecule has 1 unspecified atom stereocenters. The molecule has 0 saturated heterocycles. The third-order valence-electron chi connectivity index (χ3n) is 4.09. The van der Waals surface area contributed by atoms with Crippen molar-refractivity contribution in [1.82, 2.24) is 0 Å². The van der Waals surface area contributed by atoms with Crippen molar-refractivity contribution in [2.24, 2.45) is 23.7 Å². The van der Waals surface area contributed by atoms with E-state index in [1.54, 1.807) is 0 Å².